The number of allylic oxidation sites excluding steroid dienone is 2. The van der Waals surface area contributed by atoms with Crippen LogP contribution in [0, 0.1) is 6.92 Å². The fraction of sp³-hybridized carbons (Fsp3) is 0.450. The summed E-state index contributed by atoms with van der Waals surface area (Å²) >= 11 is 1.55. The molecule has 2 aromatic heterocycles. The van der Waals surface area contributed by atoms with Crippen LogP contribution in [-0.4, -0.2) is 21.5 Å². The van der Waals surface area contributed by atoms with E-state index in [-0.39, 0.29) is 11.3 Å². The molecule has 1 atom stereocenters. The van der Waals surface area contributed by atoms with Gasteiger partial charge in [0.15, 0.2) is 10.9 Å². The zero-order valence-electron chi connectivity index (χ0n) is 15.6. The van der Waals surface area contributed by atoms with Gasteiger partial charge in [-0.05, 0) is 38.3 Å². The van der Waals surface area contributed by atoms with E-state index in [0.29, 0.717) is 34.3 Å². The van der Waals surface area contributed by atoms with E-state index < -0.39 is 5.92 Å². The molecule has 0 spiro atoms. The lowest BCUT2D eigenvalue weighted by Crippen LogP contribution is -2.32. The smallest absolute Gasteiger partial charge is 0.257 e. The fourth-order valence-corrected chi connectivity index (χ4v) is 4.66. The molecule has 0 unspecified atom stereocenters. The van der Waals surface area contributed by atoms with Crippen LogP contribution < -0.4 is 10.9 Å². The number of nitrogens with zero attached hydrogens (tertiary/aromatic N) is 1. The predicted octanol–water partition coefficient (Wildman–Crippen LogP) is 4.13. The number of rotatable bonds is 5. The molecule has 6 nitrogen and oxygen atoms in total. The van der Waals surface area contributed by atoms with E-state index in [1.165, 1.54) is 0 Å². The first kappa shape index (κ1) is 18.1. The first-order valence-corrected chi connectivity index (χ1v) is 10.4. The number of hydrogen-bond acceptors (Lipinski definition) is 6. The Morgan fingerprint density at radius 2 is 2.15 bits per heavy atom. The maximum atomic E-state index is 13.0. The standard InChI is InChI=1S/C20H23N3O3S/c1-3-4-10-27-20-22-18-17(19(25)23-20)16(14-9-8-11(2)26-14)15-12(21-18)6-5-7-13(15)24/h8-9,16H,3-7,10H2,1-2H3,(H2,21,22,23,25)/t16-/m0/s1. The van der Waals surface area contributed by atoms with E-state index in [0.717, 1.165) is 42.9 Å². The number of carbonyl (C=O) groups excluding carboxylic acids is 1. The first-order valence-electron chi connectivity index (χ1n) is 9.45. The number of carbonyl (C=O) groups is 1. The lowest BCUT2D eigenvalue weighted by atomic mass is 9.79. The van der Waals surface area contributed by atoms with Crippen molar-refractivity contribution < 1.29 is 9.21 Å². The van der Waals surface area contributed by atoms with Crippen molar-refractivity contribution in [2.75, 3.05) is 11.1 Å². The molecule has 0 aromatic carbocycles. The van der Waals surface area contributed by atoms with Gasteiger partial charge >= 0.3 is 0 Å². The molecule has 3 heterocycles. The van der Waals surface area contributed by atoms with E-state index >= 15 is 0 Å². The highest BCUT2D eigenvalue weighted by Crippen LogP contribution is 2.43. The molecule has 142 valence electrons. The van der Waals surface area contributed by atoms with E-state index in [2.05, 4.69) is 22.2 Å². The molecule has 0 saturated carbocycles. The average molecular weight is 385 g/mol. The molecule has 27 heavy (non-hydrogen) atoms. The molecule has 4 rings (SSSR count). The number of aryl methyl sites for hydroxylation is 1. The topological polar surface area (TPSA) is 88.0 Å². The molecule has 2 N–H and O–H groups in total. The van der Waals surface area contributed by atoms with E-state index in [1.807, 2.05) is 19.1 Å². The molecule has 0 radical (unpaired) electrons. The van der Waals surface area contributed by atoms with Crippen molar-refractivity contribution >= 4 is 23.4 Å². The zero-order valence-corrected chi connectivity index (χ0v) is 16.4. The Hall–Kier alpha value is -2.28. The Balaban J connectivity index is 1.83. The van der Waals surface area contributed by atoms with Gasteiger partial charge in [-0.1, -0.05) is 25.1 Å². The molecule has 2 aromatic rings. The second kappa shape index (κ2) is 7.38. The highest BCUT2D eigenvalue weighted by Gasteiger charge is 2.39. The zero-order chi connectivity index (χ0) is 19.0. The molecule has 1 aliphatic heterocycles. The summed E-state index contributed by atoms with van der Waals surface area (Å²) in [6.45, 7) is 3.99. The second-order valence-electron chi connectivity index (χ2n) is 7.01. The third-order valence-electron chi connectivity index (χ3n) is 5.02. The van der Waals surface area contributed by atoms with Gasteiger partial charge in [-0.25, -0.2) is 4.98 Å². The normalized spacial score (nSPS) is 18.9. The van der Waals surface area contributed by atoms with Gasteiger partial charge < -0.3 is 14.7 Å². The maximum Gasteiger partial charge on any atom is 0.257 e. The van der Waals surface area contributed by atoms with E-state index in [1.54, 1.807) is 11.8 Å². The van der Waals surface area contributed by atoms with Crippen LogP contribution in [0.1, 0.15) is 62.0 Å². The molecule has 7 heteroatoms. The summed E-state index contributed by atoms with van der Waals surface area (Å²) in [6, 6.07) is 3.71. The molecular weight excluding hydrogens is 362 g/mol. The summed E-state index contributed by atoms with van der Waals surface area (Å²) in [7, 11) is 0. The number of fused-ring (bicyclic) bond motifs is 1. The number of Topliss-reactive ketones (excluding diaryl/α,β-unsaturated/α-hetero) is 1. The van der Waals surface area contributed by atoms with Crippen LogP contribution in [0.2, 0.25) is 0 Å². The number of nitrogens with one attached hydrogen (secondary N) is 2. The summed E-state index contributed by atoms with van der Waals surface area (Å²) in [5.41, 5.74) is 1.79. The minimum absolute atomic E-state index is 0.0780. The van der Waals surface area contributed by atoms with Gasteiger partial charge in [0.1, 0.15) is 17.3 Å². The van der Waals surface area contributed by atoms with E-state index in [9.17, 15) is 9.59 Å². The first-order chi connectivity index (χ1) is 13.1. The third kappa shape index (κ3) is 3.36. The summed E-state index contributed by atoms with van der Waals surface area (Å²) in [4.78, 5) is 33.2. The fourth-order valence-electron chi connectivity index (χ4n) is 3.72. The molecule has 0 amide bonds. The van der Waals surface area contributed by atoms with Crippen molar-refractivity contribution in [1.29, 1.82) is 0 Å². The SMILES string of the molecule is CCCCSc1nc2c(c(=O)[nH]1)[C@@H](c1ccc(C)o1)C1=C(CCCC1=O)N2. The monoisotopic (exact) mass is 385 g/mol. The number of ketones is 1. The Kier molecular flexibility index (Phi) is 4.95. The van der Waals surface area contributed by atoms with Crippen molar-refractivity contribution in [2.24, 2.45) is 0 Å². The highest BCUT2D eigenvalue weighted by molar-refractivity contribution is 7.99. The van der Waals surface area contributed by atoms with Crippen LogP contribution in [0.4, 0.5) is 5.82 Å². The van der Waals surface area contributed by atoms with Gasteiger partial charge in [-0.2, -0.15) is 0 Å². The van der Waals surface area contributed by atoms with Crippen LogP contribution in [0.5, 0.6) is 0 Å². The van der Waals surface area contributed by atoms with Crippen molar-refractivity contribution in [1.82, 2.24) is 9.97 Å². The van der Waals surface area contributed by atoms with Crippen LogP contribution in [0.15, 0.2) is 37.8 Å². The Labute approximate surface area is 161 Å². The molecular formula is C20H23N3O3S. The van der Waals surface area contributed by atoms with Gasteiger partial charge in [0, 0.05) is 23.4 Å². The molecule has 2 aliphatic rings. The Bertz CT molecular complexity index is 973. The number of thioether (sulfide) groups is 1. The number of anilines is 1. The van der Waals surface area contributed by atoms with Crippen LogP contribution >= 0.6 is 11.8 Å². The third-order valence-corrected chi connectivity index (χ3v) is 5.98. The predicted molar refractivity (Wildman–Crippen MR) is 105 cm³/mol. The minimum Gasteiger partial charge on any atom is -0.465 e. The quantitative estimate of drug-likeness (QED) is 0.457. The van der Waals surface area contributed by atoms with Crippen molar-refractivity contribution in [3.05, 3.63) is 50.8 Å². The Morgan fingerprint density at radius 3 is 2.89 bits per heavy atom. The molecule has 0 fully saturated rings. The van der Waals surface area contributed by atoms with Crippen LogP contribution in [0.3, 0.4) is 0 Å². The number of unbranched alkanes of at least 4 members (excludes halogenated alkanes) is 1. The van der Waals surface area contributed by atoms with Crippen molar-refractivity contribution in [3.8, 4) is 0 Å². The number of furan rings is 1. The molecule has 0 bridgehead atoms. The lowest BCUT2D eigenvalue weighted by molar-refractivity contribution is -0.116. The van der Waals surface area contributed by atoms with Crippen LogP contribution in [-0.2, 0) is 4.79 Å². The van der Waals surface area contributed by atoms with Gasteiger partial charge in [-0.3, -0.25) is 9.59 Å². The molecule has 0 saturated heterocycles. The van der Waals surface area contributed by atoms with E-state index in [4.69, 9.17) is 4.42 Å². The van der Waals surface area contributed by atoms with Gasteiger partial charge in [0.25, 0.3) is 5.56 Å². The summed E-state index contributed by atoms with van der Waals surface area (Å²) in [5.74, 6) is 2.41. The maximum absolute atomic E-state index is 13.0. The second-order valence-corrected chi connectivity index (χ2v) is 8.09. The van der Waals surface area contributed by atoms with Gasteiger partial charge in [0.05, 0.1) is 11.5 Å². The number of aromatic nitrogens is 2. The molecule has 1 aliphatic carbocycles. The number of aromatic amines is 1. The Morgan fingerprint density at radius 1 is 1.30 bits per heavy atom. The summed E-state index contributed by atoms with van der Waals surface area (Å²) in [5, 5.41) is 3.89. The summed E-state index contributed by atoms with van der Waals surface area (Å²) < 4.78 is 5.84. The lowest BCUT2D eigenvalue weighted by Gasteiger charge is -2.31. The summed E-state index contributed by atoms with van der Waals surface area (Å²) in [6.07, 6.45) is 4.26. The van der Waals surface area contributed by atoms with Crippen molar-refractivity contribution in [3.63, 3.8) is 0 Å². The largest absolute Gasteiger partial charge is 0.465 e. The van der Waals surface area contributed by atoms with Crippen LogP contribution in [0.25, 0.3) is 0 Å². The number of hydrogen-bond donors (Lipinski definition) is 2. The van der Waals surface area contributed by atoms with Gasteiger partial charge in [-0.15, -0.1) is 0 Å². The average Bonchev–Trinajstić information content (AvgIpc) is 3.06. The number of H-pyrrole nitrogens is 1. The minimum atomic E-state index is -0.497. The van der Waals surface area contributed by atoms with Crippen molar-refractivity contribution in [2.45, 2.75) is 57.0 Å². The van der Waals surface area contributed by atoms with Gasteiger partial charge in [0.2, 0.25) is 0 Å². The highest BCUT2D eigenvalue weighted by atomic mass is 32.2.